The highest BCUT2D eigenvalue weighted by atomic mass is 16.5. The number of hydrogen-bond acceptors (Lipinski definition) is 4. The van der Waals surface area contributed by atoms with Crippen LogP contribution in [-0.4, -0.2) is 47.2 Å². The minimum atomic E-state index is -0.432. The number of aryl methyl sites for hydroxylation is 1. The maximum atomic E-state index is 12.2. The van der Waals surface area contributed by atoms with Gasteiger partial charge in [-0.2, -0.15) is 5.10 Å². The smallest absolute Gasteiger partial charge is 0.272 e. The van der Waals surface area contributed by atoms with Gasteiger partial charge in [-0.25, -0.2) is 0 Å². The summed E-state index contributed by atoms with van der Waals surface area (Å²) in [4.78, 5) is 12.2. The molecule has 0 fully saturated rings. The van der Waals surface area contributed by atoms with Gasteiger partial charge in [0.25, 0.3) is 5.91 Å². The number of amides is 1. The fourth-order valence-corrected chi connectivity index (χ4v) is 1.98. The molecule has 2 N–H and O–H groups in total. The molecule has 0 aliphatic carbocycles. The van der Waals surface area contributed by atoms with Crippen LogP contribution in [0.4, 0.5) is 0 Å². The summed E-state index contributed by atoms with van der Waals surface area (Å²) in [6, 6.07) is 7.07. The Morgan fingerprint density at radius 1 is 1.53 bits per heavy atom. The second-order valence-corrected chi connectivity index (χ2v) is 4.30. The van der Waals surface area contributed by atoms with Crippen molar-refractivity contribution < 1.29 is 14.6 Å². The molecule has 6 heteroatoms. The maximum absolute atomic E-state index is 12.2. The number of aliphatic hydroxyl groups excluding tert-OH is 1. The molecule has 1 amide bonds. The zero-order chi connectivity index (χ0) is 13.8. The van der Waals surface area contributed by atoms with Gasteiger partial charge < -0.3 is 15.2 Å². The molecule has 0 saturated carbocycles. The first-order chi connectivity index (χ1) is 9.17. The molecule has 0 bridgehead atoms. The van der Waals surface area contributed by atoms with E-state index in [1.165, 1.54) is 7.11 Å². The Morgan fingerprint density at radius 3 is 2.95 bits per heavy atom. The van der Waals surface area contributed by atoms with E-state index in [0.29, 0.717) is 5.69 Å². The van der Waals surface area contributed by atoms with Gasteiger partial charge in [0, 0.05) is 19.5 Å². The summed E-state index contributed by atoms with van der Waals surface area (Å²) in [6.45, 7) is 0.0807. The zero-order valence-corrected chi connectivity index (χ0v) is 11.0. The molecule has 102 valence electrons. The molecule has 19 heavy (non-hydrogen) atoms. The molecule has 6 nitrogen and oxygen atoms in total. The first kappa shape index (κ1) is 13.5. The van der Waals surface area contributed by atoms with E-state index < -0.39 is 6.04 Å². The second-order valence-electron chi connectivity index (χ2n) is 4.30. The highest BCUT2D eigenvalue weighted by molar-refractivity contribution is 6.04. The summed E-state index contributed by atoms with van der Waals surface area (Å²) in [5.41, 5.74) is 1.24. The van der Waals surface area contributed by atoms with Crippen LogP contribution in [0, 0.1) is 0 Å². The van der Waals surface area contributed by atoms with E-state index >= 15 is 0 Å². The van der Waals surface area contributed by atoms with Crippen LogP contribution >= 0.6 is 0 Å². The Hall–Kier alpha value is -1.92. The minimum absolute atomic E-state index is 0.176. The third kappa shape index (κ3) is 2.74. The van der Waals surface area contributed by atoms with Gasteiger partial charge >= 0.3 is 0 Å². The molecule has 0 spiro atoms. The van der Waals surface area contributed by atoms with Crippen LogP contribution in [0.2, 0.25) is 0 Å². The fourth-order valence-electron chi connectivity index (χ4n) is 1.98. The second kappa shape index (κ2) is 5.81. The van der Waals surface area contributed by atoms with Crippen molar-refractivity contribution >= 4 is 16.8 Å². The average molecular weight is 263 g/mol. The van der Waals surface area contributed by atoms with Crippen LogP contribution < -0.4 is 5.32 Å². The lowest BCUT2D eigenvalue weighted by atomic mass is 10.2. The highest BCUT2D eigenvalue weighted by Gasteiger charge is 2.18. The number of aliphatic hydroxyl groups is 1. The average Bonchev–Trinajstić information content (AvgIpc) is 2.76. The molecule has 2 rings (SSSR count). The van der Waals surface area contributed by atoms with Gasteiger partial charge in [0.2, 0.25) is 0 Å². The van der Waals surface area contributed by atoms with E-state index in [1.807, 2.05) is 24.3 Å². The molecule has 0 aliphatic rings. The molecule has 1 aromatic heterocycles. The topological polar surface area (TPSA) is 76.4 Å². The van der Waals surface area contributed by atoms with Crippen LogP contribution in [0.5, 0.6) is 0 Å². The van der Waals surface area contributed by atoms with Gasteiger partial charge in [0.05, 0.1) is 24.8 Å². The molecule has 1 heterocycles. The third-order valence-electron chi connectivity index (χ3n) is 2.90. The van der Waals surface area contributed by atoms with Crippen molar-refractivity contribution in [2.24, 2.45) is 7.05 Å². The SMILES string of the molecule is COCC(CO)NC(=O)c1nn(C)c2ccccc12. The van der Waals surface area contributed by atoms with Gasteiger partial charge in [0.1, 0.15) is 0 Å². The van der Waals surface area contributed by atoms with Crippen LogP contribution in [0.25, 0.3) is 10.9 Å². The lowest BCUT2D eigenvalue weighted by Gasteiger charge is -2.14. The van der Waals surface area contributed by atoms with Crippen LogP contribution in [0.3, 0.4) is 0 Å². The largest absolute Gasteiger partial charge is 0.394 e. The Balaban J connectivity index is 2.26. The molecule has 1 unspecified atom stereocenters. The van der Waals surface area contributed by atoms with Crippen molar-refractivity contribution in [1.82, 2.24) is 15.1 Å². The first-order valence-corrected chi connectivity index (χ1v) is 5.99. The first-order valence-electron chi connectivity index (χ1n) is 5.99. The standard InChI is InChI=1S/C13H17N3O3/c1-16-11-6-4-3-5-10(11)12(15-16)13(18)14-9(7-17)8-19-2/h3-6,9,17H,7-8H2,1-2H3,(H,14,18). The highest BCUT2D eigenvalue weighted by Crippen LogP contribution is 2.17. The van der Waals surface area contributed by atoms with E-state index in [-0.39, 0.29) is 19.1 Å². The van der Waals surface area contributed by atoms with Crippen LogP contribution in [0.1, 0.15) is 10.5 Å². The summed E-state index contributed by atoms with van der Waals surface area (Å²) in [7, 11) is 3.31. The molecule has 0 saturated heterocycles. The number of nitrogens with zero attached hydrogens (tertiary/aromatic N) is 2. The summed E-state index contributed by atoms with van der Waals surface area (Å²) >= 11 is 0. The molecular formula is C13H17N3O3. The lowest BCUT2D eigenvalue weighted by molar-refractivity contribution is 0.0836. The third-order valence-corrected chi connectivity index (χ3v) is 2.90. The fraction of sp³-hybridized carbons (Fsp3) is 0.385. The number of nitrogens with one attached hydrogen (secondary N) is 1. The van der Waals surface area contributed by atoms with Gasteiger partial charge in [-0.05, 0) is 6.07 Å². The Kier molecular flexibility index (Phi) is 4.13. The summed E-state index contributed by atoms with van der Waals surface area (Å²) in [5, 5.41) is 16.9. The van der Waals surface area contributed by atoms with E-state index in [0.717, 1.165) is 10.9 Å². The summed E-state index contributed by atoms with van der Waals surface area (Å²) in [5.74, 6) is -0.312. The molecule has 0 aliphatic heterocycles. The van der Waals surface area contributed by atoms with Gasteiger partial charge in [-0.15, -0.1) is 0 Å². The maximum Gasteiger partial charge on any atom is 0.272 e. The van der Waals surface area contributed by atoms with Gasteiger partial charge in [0.15, 0.2) is 5.69 Å². The van der Waals surface area contributed by atoms with Crippen molar-refractivity contribution in [3.63, 3.8) is 0 Å². The molecule has 1 aromatic carbocycles. The van der Waals surface area contributed by atoms with Crippen molar-refractivity contribution in [2.45, 2.75) is 6.04 Å². The number of aromatic nitrogens is 2. The number of rotatable bonds is 5. The number of methoxy groups -OCH3 is 1. The van der Waals surface area contributed by atoms with Crippen molar-refractivity contribution in [1.29, 1.82) is 0 Å². The van der Waals surface area contributed by atoms with E-state index in [9.17, 15) is 4.79 Å². The lowest BCUT2D eigenvalue weighted by Crippen LogP contribution is -2.40. The van der Waals surface area contributed by atoms with Crippen LogP contribution in [-0.2, 0) is 11.8 Å². The predicted molar refractivity (Wildman–Crippen MR) is 70.9 cm³/mol. The zero-order valence-electron chi connectivity index (χ0n) is 11.0. The number of para-hydroxylation sites is 1. The van der Waals surface area contributed by atoms with Gasteiger partial charge in [-0.1, -0.05) is 18.2 Å². The van der Waals surface area contributed by atoms with Gasteiger partial charge in [-0.3, -0.25) is 9.48 Å². The summed E-state index contributed by atoms with van der Waals surface area (Å²) < 4.78 is 6.59. The Morgan fingerprint density at radius 2 is 2.26 bits per heavy atom. The monoisotopic (exact) mass is 263 g/mol. The van der Waals surface area contributed by atoms with E-state index in [4.69, 9.17) is 9.84 Å². The molecular weight excluding hydrogens is 246 g/mol. The Labute approximate surface area is 111 Å². The van der Waals surface area contributed by atoms with Crippen molar-refractivity contribution in [3.8, 4) is 0 Å². The van der Waals surface area contributed by atoms with Crippen LogP contribution in [0.15, 0.2) is 24.3 Å². The number of benzene rings is 1. The minimum Gasteiger partial charge on any atom is -0.394 e. The molecule has 0 radical (unpaired) electrons. The number of fused-ring (bicyclic) bond motifs is 1. The number of carbonyl (C=O) groups is 1. The van der Waals surface area contributed by atoms with Crippen molar-refractivity contribution in [2.75, 3.05) is 20.3 Å². The molecule has 1 atom stereocenters. The predicted octanol–water partition coefficient (Wildman–Crippen LogP) is 0.310. The van der Waals surface area contributed by atoms with E-state index in [2.05, 4.69) is 10.4 Å². The summed E-state index contributed by atoms with van der Waals surface area (Å²) in [6.07, 6.45) is 0. The van der Waals surface area contributed by atoms with Crippen molar-refractivity contribution in [3.05, 3.63) is 30.0 Å². The normalized spacial score (nSPS) is 12.6. The number of ether oxygens (including phenoxy) is 1. The van der Waals surface area contributed by atoms with E-state index in [1.54, 1.807) is 11.7 Å². The quantitative estimate of drug-likeness (QED) is 0.814. The number of carbonyl (C=O) groups excluding carboxylic acids is 1. The molecule has 2 aromatic rings. The number of hydrogen-bond donors (Lipinski definition) is 2. The Bertz CT molecular complexity index is 580.